The predicted molar refractivity (Wildman–Crippen MR) is 137 cm³/mol. The van der Waals surface area contributed by atoms with Gasteiger partial charge in [0.1, 0.15) is 5.82 Å². The summed E-state index contributed by atoms with van der Waals surface area (Å²) < 4.78 is 25.0. The molecule has 0 heterocycles. The molecule has 0 spiro atoms. The third-order valence-electron chi connectivity index (χ3n) is 4.59. The van der Waals surface area contributed by atoms with Crippen LogP contribution in [0.5, 0.6) is 11.5 Å². The van der Waals surface area contributed by atoms with Gasteiger partial charge in [0.2, 0.25) is 0 Å². The van der Waals surface area contributed by atoms with Crippen LogP contribution in [0.1, 0.15) is 12.5 Å². The summed E-state index contributed by atoms with van der Waals surface area (Å²) in [4.78, 5) is 0. The van der Waals surface area contributed by atoms with E-state index in [4.69, 9.17) is 9.47 Å². The number of nitrogens with zero attached hydrogens (tertiary/aromatic N) is 1. The first-order valence-electron chi connectivity index (χ1n) is 10.2. The fourth-order valence-corrected chi connectivity index (χ4v) is 3.17. The molecule has 0 aliphatic rings. The molecule has 0 amide bonds. The summed E-state index contributed by atoms with van der Waals surface area (Å²) in [6.45, 7) is 2.67. The van der Waals surface area contributed by atoms with Crippen molar-refractivity contribution in [1.82, 2.24) is 0 Å². The maximum atomic E-state index is 14.1. The van der Waals surface area contributed by atoms with E-state index < -0.39 is 0 Å². The molecule has 0 fully saturated rings. The second-order valence-corrected chi connectivity index (χ2v) is 7.66. The summed E-state index contributed by atoms with van der Waals surface area (Å²) in [5.41, 5.74) is 3.37. The Hall–Kier alpha value is -1.89. The van der Waals surface area contributed by atoms with Crippen LogP contribution in [0.25, 0.3) is 11.1 Å². The van der Waals surface area contributed by atoms with E-state index in [0.717, 1.165) is 16.2 Å². The van der Waals surface area contributed by atoms with Crippen LogP contribution >= 0.6 is 11.8 Å². The van der Waals surface area contributed by atoms with Crippen LogP contribution in [0.2, 0.25) is 0 Å². The number of nitrogens with one attached hydrogen (secondary N) is 1. The minimum atomic E-state index is -0.287. The summed E-state index contributed by atoms with van der Waals surface area (Å²) in [5.74, 6) is 0.986. The number of thioether (sulfide) groups is 1. The smallest absolute Gasteiger partial charge is 0.161 e. The molecule has 34 heavy (non-hydrogen) atoms. The molecule has 184 valence electrons. The van der Waals surface area contributed by atoms with Gasteiger partial charge in [-0.25, -0.2) is 4.39 Å². The third kappa shape index (κ3) is 8.72. The van der Waals surface area contributed by atoms with Gasteiger partial charge in [0.25, 0.3) is 0 Å². The predicted octanol–water partition coefficient (Wildman–Crippen LogP) is 5.49. The number of methoxy groups -OCH3 is 1. The zero-order chi connectivity index (χ0) is 23.5. The van der Waals surface area contributed by atoms with Crippen LogP contribution in [-0.2, 0) is 6.54 Å². The largest absolute Gasteiger partial charge is 0.493 e. The van der Waals surface area contributed by atoms with Gasteiger partial charge in [-0.1, -0.05) is 30.3 Å². The van der Waals surface area contributed by atoms with Gasteiger partial charge >= 0.3 is 0 Å². The van der Waals surface area contributed by atoms with Crippen LogP contribution in [0.3, 0.4) is 0 Å². The molecule has 3 aromatic rings. The number of anilines is 2. The molecule has 0 aromatic heterocycles. The molecule has 0 saturated carbocycles. The molecule has 0 aliphatic carbocycles. The fourth-order valence-electron chi connectivity index (χ4n) is 3.17. The number of hydrogen-bond donors (Lipinski definition) is 2. The van der Waals surface area contributed by atoms with Gasteiger partial charge in [-0.05, 0) is 60.9 Å². The van der Waals surface area contributed by atoms with Crippen molar-refractivity contribution in [2.45, 2.75) is 13.5 Å². The van der Waals surface area contributed by atoms with E-state index in [1.54, 1.807) is 56.3 Å². The SMILES string of the molecule is CCOc1cc(CN(O)c2ccc(-c3ccccc3F)cc2NC)ccc1OC.CSC.O.[U]. The minimum absolute atomic E-state index is 0. The van der Waals surface area contributed by atoms with E-state index in [2.05, 4.69) is 5.32 Å². The van der Waals surface area contributed by atoms with Gasteiger partial charge in [-0.2, -0.15) is 11.8 Å². The first-order chi connectivity index (χ1) is 15.5. The number of benzene rings is 3. The van der Waals surface area contributed by atoms with Crippen molar-refractivity contribution in [3.8, 4) is 22.6 Å². The van der Waals surface area contributed by atoms with Gasteiger partial charge in [-0.3, -0.25) is 10.3 Å². The molecule has 0 aliphatic heterocycles. The second kappa shape index (κ2) is 16.7. The zero-order valence-electron chi connectivity index (χ0n) is 20.2. The van der Waals surface area contributed by atoms with Gasteiger partial charge in [-0.15, -0.1) is 0 Å². The van der Waals surface area contributed by atoms with E-state index in [-0.39, 0.29) is 49.0 Å². The average Bonchev–Trinajstić information content (AvgIpc) is 2.80. The van der Waals surface area contributed by atoms with Crippen LogP contribution < -0.4 is 19.9 Å². The van der Waals surface area contributed by atoms with E-state index in [1.165, 1.54) is 6.07 Å². The zero-order valence-corrected chi connectivity index (χ0v) is 25.2. The standard InChI is InChI=1S/C23H25FN2O3.C2H6S.H2O.U/c1-4-29-23-13-16(9-12-22(23)28-3)15-26(27)21-11-10-17(14-20(21)25-2)18-7-5-6-8-19(18)24;1-3-2;;/h5-14,25,27H,4,15H2,1-3H3;1-2H3;1H2;. The molecule has 0 saturated heterocycles. The number of hydrogen-bond acceptors (Lipinski definition) is 6. The van der Waals surface area contributed by atoms with Crippen molar-refractivity contribution in [2.75, 3.05) is 43.7 Å². The van der Waals surface area contributed by atoms with Crippen LogP contribution in [0, 0.1) is 36.9 Å². The number of halogens is 1. The Morgan fingerprint density at radius 3 is 2.29 bits per heavy atom. The van der Waals surface area contributed by atoms with Gasteiger partial charge in [0.15, 0.2) is 11.5 Å². The number of rotatable bonds is 8. The molecular formula is C25H33FN2O4SU. The normalized spacial score (nSPS) is 9.50. The van der Waals surface area contributed by atoms with E-state index in [9.17, 15) is 9.60 Å². The second-order valence-electron chi connectivity index (χ2n) is 6.85. The Balaban J connectivity index is 0.00000207. The molecule has 0 unspecified atom stereocenters. The monoisotopic (exact) mass is 714 g/mol. The topological polar surface area (TPSA) is 85.5 Å². The van der Waals surface area contributed by atoms with E-state index in [0.29, 0.717) is 35.0 Å². The molecular weight excluding hydrogens is 681 g/mol. The summed E-state index contributed by atoms with van der Waals surface area (Å²) in [7, 11) is 3.35. The Morgan fingerprint density at radius 2 is 1.71 bits per heavy atom. The first-order valence-corrected chi connectivity index (χ1v) is 11.8. The first kappa shape index (κ1) is 32.1. The molecule has 3 aromatic carbocycles. The number of hydroxylamine groups is 1. The Bertz CT molecular complexity index is 1010. The maximum absolute atomic E-state index is 14.1. The molecule has 6 nitrogen and oxygen atoms in total. The fraction of sp³-hybridized carbons (Fsp3) is 0.280. The van der Waals surface area contributed by atoms with Crippen molar-refractivity contribution in [2.24, 2.45) is 0 Å². The molecule has 3 rings (SSSR count). The molecule has 4 N–H and O–H groups in total. The van der Waals surface area contributed by atoms with Crippen molar-refractivity contribution in [3.63, 3.8) is 0 Å². The summed E-state index contributed by atoms with van der Waals surface area (Å²) in [5, 5.41) is 14.9. The van der Waals surface area contributed by atoms with E-state index in [1.807, 2.05) is 43.7 Å². The van der Waals surface area contributed by atoms with Gasteiger partial charge in [0, 0.05) is 43.7 Å². The molecule has 9 heteroatoms. The van der Waals surface area contributed by atoms with E-state index >= 15 is 0 Å². The minimum Gasteiger partial charge on any atom is -0.493 e. The Kier molecular flexibility index (Phi) is 15.8. The molecule has 0 atom stereocenters. The Labute approximate surface area is 229 Å². The summed E-state index contributed by atoms with van der Waals surface area (Å²) in [6.07, 6.45) is 4.08. The maximum Gasteiger partial charge on any atom is 0.161 e. The third-order valence-corrected chi connectivity index (χ3v) is 4.59. The van der Waals surface area contributed by atoms with Crippen molar-refractivity contribution < 1.29 is 55.7 Å². The van der Waals surface area contributed by atoms with Crippen molar-refractivity contribution in [3.05, 3.63) is 72.0 Å². The van der Waals surface area contributed by atoms with Crippen molar-refractivity contribution >= 4 is 23.1 Å². The summed E-state index contributed by atoms with van der Waals surface area (Å²) in [6, 6.07) is 17.5. The van der Waals surface area contributed by atoms with Crippen LogP contribution in [-0.4, -0.2) is 44.0 Å². The Morgan fingerprint density at radius 1 is 1.03 bits per heavy atom. The van der Waals surface area contributed by atoms with Gasteiger partial charge in [0.05, 0.1) is 31.6 Å². The number of ether oxygens (including phenoxy) is 2. The van der Waals surface area contributed by atoms with Gasteiger partial charge < -0.3 is 20.3 Å². The van der Waals surface area contributed by atoms with Crippen LogP contribution in [0.15, 0.2) is 60.7 Å². The van der Waals surface area contributed by atoms with Crippen molar-refractivity contribution in [1.29, 1.82) is 0 Å². The summed E-state index contributed by atoms with van der Waals surface area (Å²) >= 11 is 1.75. The quantitative estimate of drug-likeness (QED) is 0.301. The average molecular weight is 715 g/mol. The molecule has 0 bridgehead atoms. The van der Waals surface area contributed by atoms with Crippen LogP contribution in [0.4, 0.5) is 15.8 Å². The molecule has 0 radical (unpaired) electrons.